The van der Waals surface area contributed by atoms with E-state index < -0.39 is 0 Å². The number of hydrogen-bond acceptors (Lipinski definition) is 5. The summed E-state index contributed by atoms with van der Waals surface area (Å²) in [7, 11) is 0. The molecule has 0 unspecified atom stereocenters. The van der Waals surface area contributed by atoms with Crippen molar-refractivity contribution in [1.29, 1.82) is 0 Å². The van der Waals surface area contributed by atoms with Crippen LogP contribution in [0.25, 0.3) is 0 Å². The van der Waals surface area contributed by atoms with E-state index >= 15 is 0 Å². The third kappa shape index (κ3) is 4.23. The number of nitrogens with one attached hydrogen (secondary N) is 1. The highest BCUT2D eigenvalue weighted by molar-refractivity contribution is 7.15. The lowest BCUT2D eigenvalue weighted by Crippen LogP contribution is -2.36. The molecule has 0 saturated heterocycles. The average molecular weight is 271 g/mol. The van der Waals surface area contributed by atoms with Crippen LogP contribution in [0.3, 0.4) is 0 Å². The normalized spacial score (nSPS) is 13.0. The Morgan fingerprint density at radius 3 is 2.56 bits per heavy atom. The molecule has 0 spiro atoms. The Hall–Kier alpha value is -0.650. The quantitative estimate of drug-likeness (QED) is 0.760. The maximum Gasteiger partial charge on any atom is 0.185 e. The van der Waals surface area contributed by atoms with Gasteiger partial charge in [0.05, 0.1) is 6.61 Å². The van der Waals surface area contributed by atoms with E-state index in [4.69, 9.17) is 0 Å². The average Bonchev–Trinajstić information content (AvgIpc) is 2.80. The lowest BCUT2D eigenvalue weighted by molar-refractivity contribution is 0.210. The van der Waals surface area contributed by atoms with Crippen molar-refractivity contribution in [2.45, 2.75) is 40.3 Å². The Kier molecular flexibility index (Phi) is 6.60. The van der Waals surface area contributed by atoms with Crippen LogP contribution in [0.1, 0.15) is 32.6 Å². The predicted octanol–water partition coefficient (Wildman–Crippen LogP) is 2.10. The van der Waals surface area contributed by atoms with E-state index in [0.29, 0.717) is 5.92 Å². The minimum Gasteiger partial charge on any atom is -0.395 e. The molecule has 0 aromatic carbocycles. The van der Waals surface area contributed by atoms with Gasteiger partial charge >= 0.3 is 0 Å². The smallest absolute Gasteiger partial charge is 0.185 e. The molecule has 0 radical (unpaired) electrons. The first-order valence-corrected chi connectivity index (χ1v) is 7.47. The molecule has 18 heavy (non-hydrogen) atoms. The van der Waals surface area contributed by atoms with Gasteiger partial charge < -0.3 is 15.3 Å². The van der Waals surface area contributed by atoms with Crippen molar-refractivity contribution in [1.82, 2.24) is 10.3 Å². The minimum atomic E-state index is 0.156. The molecule has 5 heteroatoms. The molecule has 1 aromatic rings. The molecule has 1 aromatic heterocycles. The second-order valence-corrected chi connectivity index (χ2v) is 5.79. The van der Waals surface area contributed by atoms with Gasteiger partial charge in [-0.2, -0.15) is 0 Å². The zero-order valence-electron chi connectivity index (χ0n) is 11.8. The van der Waals surface area contributed by atoms with Crippen molar-refractivity contribution in [2.24, 2.45) is 5.92 Å². The van der Waals surface area contributed by atoms with Crippen LogP contribution in [0.2, 0.25) is 0 Å². The molecule has 0 bridgehead atoms. The Morgan fingerprint density at radius 2 is 2.06 bits per heavy atom. The first-order chi connectivity index (χ1) is 8.62. The molecule has 0 aliphatic heterocycles. The topological polar surface area (TPSA) is 48.4 Å². The first-order valence-electron chi connectivity index (χ1n) is 6.66. The predicted molar refractivity (Wildman–Crippen MR) is 78.2 cm³/mol. The van der Waals surface area contributed by atoms with Crippen LogP contribution in [0.5, 0.6) is 0 Å². The van der Waals surface area contributed by atoms with Gasteiger partial charge in [-0.05, 0) is 19.8 Å². The zero-order valence-corrected chi connectivity index (χ0v) is 12.6. The number of aliphatic hydroxyl groups is 1. The minimum absolute atomic E-state index is 0.156. The van der Waals surface area contributed by atoms with E-state index in [1.807, 2.05) is 6.20 Å². The van der Waals surface area contributed by atoms with Crippen molar-refractivity contribution in [3.63, 3.8) is 0 Å². The van der Waals surface area contributed by atoms with Crippen LogP contribution in [0.4, 0.5) is 5.13 Å². The number of hydrogen-bond donors (Lipinski definition) is 2. The number of rotatable bonds is 8. The van der Waals surface area contributed by atoms with Gasteiger partial charge in [0.1, 0.15) is 0 Å². The molecular formula is C13H25N3OS. The maximum atomic E-state index is 9.26. The molecule has 0 amide bonds. The van der Waals surface area contributed by atoms with Crippen LogP contribution < -0.4 is 10.2 Å². The summed E-state index contributed by atoms with van der Waals surface area (Å²) >= 11 is 1.73. The summed E-state index contributed by atoms with van der Waals surface area (Å²) in [6, 6.07) is 0.156. The fraction of sp³-hybridized carbons (Fsp3) is 0.769. The number of nitrogens with zero attached hydrogens (tertiary/aromatic N) is 2. The Bertz CT molecular complexity index is 337. The van der Waals surface area contributed by atoms with E-state index in [0.717, 1.165) is 24.8 Å². The van der Waals surface area contributed by atoms with Gasteiger partial charge in [0, 0.05) is 36.8 Å². The van der Waals surface area contributed by atoms with Gasteiger partial charge in [-0.3, -0.25) is 0 Å². The van der Waals surface area contributed by atoms with Crippen LogP contribution in [-0.2, 0) is 6.54 Å². The van der Waals surface area contributed by atoms with Gasteiger partial charge in [0.25, 0.3) is 0 Å². The van der Waals surface area contributed by atoms with Gasteiger partial charge in [-0.25, -0.2) is 4.98 Å². The van der Waals surface area contributed by atoms with Crippen LogP contribution in [0, 0.1) is 5.92 Å². The van der Waals surface area contributed by atoms with Crippen molar-refractivity contribution in [3.05, 3.63) is 11.1 Å². The molecule has 104 valence electrons. The second kappa shape index (κ2) is 7.71. The van der Waals surface area contributed by atoms with E-state index in [-0.39, 0.29) is 12.6 Å². The van der Waals surface area contributed by atoms with Crippen molar-refractivity contribution < 1.29 is 5.11 Å². The monoisotopic (exact) mass is 271 g/mol. The van der Waals surface area contributed by atoms with Gasteiger partial charge in [-0.15, -0.1) is 11.3 Å². The highest BCUT2D eigenvalue weighted by Gasteiger charge is 2.13. The van der Waals surface area contributed by atoms with Crippen molar-refractivity contribution in [3.8, 4) is 0 Å². The van der Waals surface area contributed by atoms with Crippen LogP contribution in [0.15, 0.2) is 6.20 Å². The van der Waals surface area contributed by atoms with E-state index in [2.05, 4.69) is 42.9 Å². The summed E-state index contributed by atoms with van der Waals surface area (Å²) in [6.45, 7) is 11.4. The fourth-order valence-corrected chi connectivity index (χ4v) is 2.75. The maximum absolute atomic E-state index is 9.26. The van der Waals surface area contributed by atoms with E-state index in [1.54, 1.807) is 11.3 Å². The Morgan fingerprint density at radius 1 is 1.39 bits per heavy atom. The lowest BCUT2D eigenvalue weighted by Gasteiger charge is -2.19. The third-order valence-corrected chi connectivity index (χ3v) is 4.17. The molecule has 2 N–H and O–H groups in total. The van der Waals surface area contributed by atoms with E-state index in [1.165, 1.54) is 4.88 Å². The summed E-state index contributed by atoms with van der Waals surface area (Å²) in [4.78, 5) is 7.92. The summed E-state index contributed by atoms with van der Waals surface area (Å²) in [6.07, 6.45) is 1.93. The standard InChI is InChI=1S/C13H25N3OS/c1-5-16(6-2)13-15-8-11(18-13)7-14-12(9-17)10(3)4/h8,10,12,14,17H,5-7,9H2,1-4H3/t12-/m1/s1. The fourth-order valence-electron chi connectivity index (χ4n) is 1.76. The SMILES string of the molecule is CCN(CC)c1ncc(CN[C@H](CO)C(C)C)s1. The van der Waals surface area contributed by atoms with Crippen molar-refractivity contribution in [2.75, 3.05) is 24.6 Å². The molecule has 0 fully saturated rings. The second-order valence-electron chi connectivity index (χ2n) is 4.70. The Balaban J connectivity index is 2.53. The van der Waals surface area contributed by atoms with E-state index in [9.17, 15) is 5.11 Å². The summed E-state index contributed by atoms with van der Waals surface area (Å²) in [5, 5.41) is 13.7. The van der Waals surface area contributed by atoms with Gasteiger partial charge in [0.15, 0.2) is 5.13 Å². The van der Waals surface area contributed by atoms with Crippen LogP contribution in [-0.4, -0.2) is 35.8 Å². The molecular weight excluding hydrogens is 246 g/mol. The molecule has 0 saturated carbocycles. The molecule has 0 aliphatic rings. The van der Waals surface area contributed by atoms with Gasteiger partial charge in [-0.1, -0.05) is 13.8 Å². The molecule has 1 atom stereocenters. The van der Waals surface area contributed by atoms with Crippen molar-refractivity contribution >= 4 is 16.5 Å². The molecule has 1 heterocycles. The lowest BCUT2D eigenvalue weighted by atomic mass is 10.1. The van der Waals surface area contributed by atoms with Gasteiger partial charge in [0.2, 0.25) is 0 Å². The number of aliphatic hydroxyl groups excluding tert-OH is 1. The summed E-state index contributed by atoms with van der Waals surface area (Å²) in [5.41, 5.74) is 0. The molecule has 4 nitrogen and oxygen atoms in total. The summed E-state index contributed by atoms with van der Waals surface area (Å²) < 4.78 is 0. The molecule has 0 aliphatic carbocycles. The Labute approximate surface area is 114 Å². The third-order valence-electron chi connectivity index (χ3n) is 3.12. The largest absolute Gasteiger partial charge is 0.395 e. The van der Waals surface area contributed by atoms with Crippen LogP contribution >= 0.6 is 11.3 Å². The molecule has 1 rings (SSSR count). The summed E-state index contributed by atoms with van der Waals surface area (Å²) in [5.74, 6) is 0.435. The zero-order chi connectivity index (χ0) is 13.5. The first kappa shape index (κ1) is 15.4. The highest BCUT2D eigenvalue weighted by atomic mass is 32.1. The number of aromatic nitrogens is 1. The number of thiazole rings is 1. The highest BCUT2D eigenvalue weighted by Crippen LogP contribution is 2.22. The number of anilines is 1.